The molecular weight excluding hydrogens is 391 g/mol. The maximum absolute atomic E-state index is 12.7. The monoisotopic (exact) mass is 411 g/mol. The van der Waals surface area contributed by atoms with E-state index in [1.54, 1.807) is 17.2 Å². The van der Waals surface area contributed by atoms with E-state index in [-0.39, 0.29) is 24.4 Å². The molecule has 2 atom stereocenters. The maximum atomic E-state index is 12.7. The van der Waals surface area contributed by atoms with E-state index in [2.05, 4.69) is 10.3 Å². The molecule has 8 heteroatoms. The van der Waals surface area contributed by atoms with Gasteiger partial charge in [-0.2, -0.15) is 13.2 Å². The van der Waals surface area contributed by atoms with Gasteiger partial charge in [0.1, 0.15) is 5.54 Å². The van der Waals surface area contributed by atoms with E-state index in [4.69, 9.17) is 0 Å². The van der Waals surface area contributed by atoms with Crippen LogP contribution in [0.5, 0.6) is 0 Å². The first-order valence-corrected chi connectivity index (χ1v) is 8.95. The smallest absolute Gasteiger partial charge is 0.344 e. The highest BCUT2D eigenvalue weighted by Crippen LogP contribution is 2.39. The number of halogens is 4. The summed E-state index contributed by atoms with van der Waals surface area (Å²) in [5.41, 5.74) is 1.17. The summed E-state index contributed by atoms with van der Waals surface area (Å²) in [5, 5.41) is 3.47. The Labute approximate surface area is 167 Å². The van der Waals surface area contributed by atoms with Gasteiger partial charge in [0.15, 0.2) is 0 Å². The summed E-state index contributed by atoms with van der Waals surface area (Å²) >= 11 is 0. The Morgan fingerprint density at radius 2 is 1.86 bits per heavy atom. The van der Waals surface area contributed by atoms with Crippen LogP contribution in [-0.2, 0) is 11.0 Å². The number of nitrogens with zero attached hydrogens (tertiary/aromatic N) is 2. The third-order valence-electron chi connectivity index (χ3n) is 5.62. The summed E-state index contributed by atoms with van der Waals surface area (Å²) in [6.45, 7) is 0.748. The molecule has 0 saturated carbocycles. The van der Waals surface area contributed by atoms with Gasteiger partial charge in [-0.05, 0) is 54.7 Å². The molecule has 2 aliphatic heterocycles. The lowest BCUT2D eigenvalue weighted by molar-refractivity contribution is -0.137. The molecule has 4 rings (SSSR count). The van der Waals surface area contributed by atoms with Crippen molar-refractivity contribution in [3.63, 3.8) is 0 Å². The zero-order valence-electron chi connectivity index (χ0n) is 15.3. The van der Waals surface area contributed by atoms with Crippen molar-refractivity contribution >= 4 is 18.3 Å². The van der Waals surface area contributed by atoms with Gasteiger partial charge < -0.3 is 4.90 Å². The Kier molecular flexibility index (Phi) is 5.42. The third-order valence-corrected chi connectivity index (χ3v) is 5.62. The lowest BCUT2D eigenvalue weighted by atomic mass is 9.96. The zero-order valence-corrected chi connectivity index (χ0v) is 16.1. The van der Waals surface area contributed by atoms with Crippen molar-refractivity contribution in [1.29, 1.82) is 0 Å². The highest BCUT2D eigenvalue weighted by Gasteiger charge is 2.50. The van der Waals surface area contributed by atoms with Crippen LogP contribution in [0.3, 0.4) is 0 Å². The topological polar surface area (TPSA) is 45.2 Å². The fourth-order valence-electron chi connectivity index (χ4n) is 4.06. The van der Waals surface area contributed by atoms with Gasteiger partial charge in [0.05, 0.1) is 17.3 Å². The Bertz CT molecular complexity index is 872. The standard InChI is InChI=1S/C20H20F3N3O.ClH/c1-26-11-9-19(18(26)27)8-6-16(25-19)17-12-14(7-10-24-17)13-2-4-15(5-3-13)20(21,22)23;/h2-5,7,10,12,16,25H,6,8-9,11H2,1H3;1H/t16-,19-;/m0./s1. The lowest BCUT2D eigenvalue weighted by Crippen LogP contribution is -2.47. The van der Waals surface area contributed by atoms with E-state index in [1.165, 1.54) is 12.1 Å². The fourth-order valence-corrected chi connectivity index (χ4v) is 4.06. The largest absolute Gasteiger partial charge is 0.416 e. The second-order valence-electron chi connectivity index (χ2n) is 7.34. The molecule has 150 valence electrons. The van der Waals surface area contributed by atoms with E-state index in [9.17, 15) is 18.0 Å². The summed E-state index contributed by atoms with van der Waals surface area (Å²) in [6, 6.07) is 8.77. The van der Waals surface area contributed by atoms with Crippen molar-refractivity contribution in [2.75, 3.05) is 13.6 Å². The number of hydrogen-bond donors (Lipinski definition) is 1. The molecule has 2 aromatic rings. The van der Waals surface area contributed by atoms with Gasteiger partial charge in [0.2, 0.25) is 5.91 Å². The van der Waals surface area contributed by atoms with Crippen LogP contribution < -0.4 is 5.32 Å². The van der Waals surface area contributed by atoms with Crippen LogP contribution in [0, 0.1) is 0 Å². The summed E-state index contributed by atoms with van der Waals surface area (Å²) < 4.78 is 38.2. The molecule has 0 radical (unpaired) electrons. The minimum Gasteiger partial charge on any atom is -0.344 e. The molecule has 2 saturated heterocycles. The van der Waals surface area contributed by atoms with Crippen molar-refractivity contribution in [3.8, 4) is 11.1 Å². The number of carbonyl (C=O) groups is 1. The maximum Gasteiger partial charge on any atom is 0.416 e. The SMILES string of the molecule is CN1CC[C@@]2(CC[C@@H](c3cc(-c4ccc(C(F)(F)F)cc4)ccn3)N2)C1=O.Cl. The highest BCUT2D eigenvalue weighted by atomic mass is 35.5. The average molecular weight is 412 g/mol. The van der Waals surface area contributed by atoms with Gasteiger partial charge in [-0.1, -0.05) is 12.1 Å². The lowest BCUT2D eigenvalue weighted by Gasteiger charge is -2.23. The van der Waals surface area contributed by atoms with Crippen LogP contribution >= 0.6 is 12.4 Å². The Hall–Kier alpha value is -2.12. The number of alkyl halides is 3. The number of carbonyl (C=O) groups excluding carboxylic acids is 1. The van der Waals surface area contributed by atoms with Crippen LogP contribution in [-0.4, -0.2) is 34.9 Å². The quantitative estimate of drug-likeness (QED) is 0.805. The molecule has 1 amide bonds. The predicted octanol–water partition coefficient (Wildman–Crippen LogP) is 4.21. The number of amides is 1. The second kappa shape index (κ2) is 7.37. The molecule has 2 aliphatic rings. The number of aromatic nitrogens is 1. The second-order valence-corrected chi connectivity index (χ2v) is 7.34. The number of rotatable bonds is 2. The Morgan fingerprint density at radius 1 is 1.14 bits per heavy atom. The molecule has 1 N–H and O–H groups in total. The Balaban J connectivity index is 0.00000225. The van der Waals surface area contributed by atoms with Crippen molar-refractivity contribution in [3.05, 3.63) is 53.9 Å². The number of benzene rings is 1. The van der Waals surface area contributed by atoms with Gasteiger partial charge in [0.25, 0.3) is 0 Å². The number of hydrogen-bond acceptors (Lipinski definition) is 3. The summed E-state index contributed by atoms with van der Waals surface area (Å²) in [5.74, 6) is 0.129. The first-order valence-electron chi connectivity index (χ1n) is 8.95. The van der Waals surface area contributed by atoms with E-state index >= 15 is 0 Å². The van der Waals surface area contributed by atoms with Crippen molar-refractivity contribution < 1.29 is 18.0 Å². The van der Waals surface area contributed by atoms with Crippen LogP contribution in [0.1, 0.15) is 36.6 Å². The Morgan fingerprint density at radius 3 is 2.46 bits per heavy atom. The molecule has 3 heterocycles. The fraction of sp³-hybridized carbons (Fsp3) is 0.400. The van der Waals surface area contributed by atoms with E-state index in [0.717, 1.165) is 49.2 Å². The first kappa shape index (κ1) is 20.6. The molecular formula is C20H21ClF3N3O. The minimum atomic E-state index is -4.34. The number of nitrogens with one attached hydrogen (secondary N) is 1. The van der Waals surface area contributed by atoms with Crippen LogP contribution in [0.2, 0.25) is 0 Å². The van der Waals surface area contributed by atoms with Crippen LogP contribution in [0.4, 0.5) is 13.2 Å². The van der Waals surface area contributed by atoms with Crippen LogP contribution in [0.25, 0.3) is 11.1 Å². The van der Waals surface area contributed by atoms with E-state index in [1.807, 2.05) is 13.1 Å². The number of pyridine rings is 1. The minimum absolute atomic E-state index is 0. The average Bonchev–Trinajstić information content (AvgIpc) is 3.21. The summed E-state index contributed by atoms with van der Waals surface area (Å²) in [4.78, 5) is 18.6. The van der Waals surface area contributed by atoms with Crippen molar-refractivity contribution in [1.82, 2.24) is 15.2 Å². The molecule has 0 unspecified atom stereocenters. The molecule has 1 aromatic heterocycles. The molecule has 1 spiro atoms. The molecule has 1 aromatic carbocycles. The number of likely N-dealkylation sites (N-methyl/N-ethyl adjacent to an activating group) is 1. The van der Waals surface area contributed by atoms with Gasteiger partial charge in [-0.25, -0.2) is 0 Å². The van der Waals surface area contributed by atoms with Crippen molar-refractivity contribution in [2.24, 2.45) is 0 Å². The predicted molar refractivity (Wildman–Crippen MR) is 102 cm³/mol. The normalized spacial score (nSPS) is 24.6. The van der Waals surface area contributed by atoms with Gasteiger partial charge >= 0.3 is 6.18 Å². The summed E-state index contributed by atoms with van der Waals surface area (Å²) in [7, 11) is 1.82. The van der Waals surface area contributed by atoms with Gasteiger partial charge in [0, 0.05) is 19.8 Å². The molecule has 0 aliphatic carbocycles. The first-order chi connectivity index (χ1) is 12.8. The van der Waals surface area contributed by atoms with Gasteiger partial charge in [-0.3, -0.25) is 15.1 Å². The third kappa shape index (κ3) is 3.61. The molecule has 28 heavy (non-hydrogen) atoms. The molecule has 0 bridgehead atoms. The van der Waals surface area contributed by atoms with Gasteiger partial charge in [-0.15, -0.1) is 12.4 Å². The molecule has 2 fully saturated rings. The van der Waals surface area contributed by atoms with Crippen LogP contribution in [0.15, 0.2) is 42.6 Å². The molecule has 4 nitrogen and oxygen atoms in total. The van der Waals surface area contributed by atoms with E-state index < -0.39 is 17.3 Å². The summed E-state index contributed by atoms with van der Waals surface area (Å²) in [6.07, 6.45) is -0.309. The zero-order chi connectivity index (χ0) is 19.2. The van der Waals surface area contributed by atoms with Crippen molar-refractivity contribution in [2.45, 2.75) is 37.0 Å². The number of likely N-dealkylation sites (tertiary alicyclic amines) is 1. The highest BCUT2D eigenvalue weighted by molar-refractivity contribution is 5.88. The van der Waals surface area contributed by atoms with E-state index in [0.29, 0.717) is 5.56 Å².